The van der Waals surface area contributed by atoms with Gasteiger partial charge in [-0.25, -0.2) is 64.8 Å². The van der Waals surface area contributed by atoms with E-state index in [1.54, 1.807) is 73.1 Å². The van der Waals surface area contributed by atoms with Crippen molar-refractivity contribution in [3.05, 3.63) is 254 Å². The Labute approximate surface area is 787 Å². The molecule has 28 nitrogen and oxygen atoms in total. The molecule has 7 atom stereocenters. The highest BCUT2D eigenvalue weighted by Crippen LogP contribution is 2.55. The molecule has 0 amide bonds. The van der Waals surface area contributed by atoms with Gasteiger partial charge in [0.05, 0.1) is 45.3 Å². The molecule has 15 aromatic heterocycles. The van der Waals surface area contributed by atoms with Crippen LogP contribution in [0.25, 0.3) is 110 Å². The summed E-state index contributed by atoms with van der Waals surface area (Å²) in [6.07, 6.45) is 19.7. The zero-order valence-electron chi connectivity index (χ0n) is 89.1. The standard InChI is InChI=1S/2C22H22N4O.2C21H21N5O.C19H17N5O/c2*1-13(2)25-15(4)26(18-8-6-11-23-21(18)25)19-14(3)9-10-16-17-7-5-12-24-22(17)27-20(16)19;2*1-12(2)25-14(4)26(20-19(25)22-10-11-23-20)17-13(3)7-8-15-16-6-5-9-24-21(16)27-18(15)17;1-11-6-7-13-14-5-4-8-22-19(14)25-16(13)15(11)24-12(2)23(3)17-18(24)21-10-9-20-17/h2*5-13,15H,1-4H3;2*5-12,14H,1-4H3;4-10,12H,1-3H3/t2*15-;2*14-;12-/m00000/s1/i1D3,13D;13D;1D3,12D;12D;3D3/t13?,15-;m;12?,14-;2m. The molecule has 5 aliphatic rings. The van der Waals surface area contributed by atoms with Gasteiger partial charge in [0.25, 0.3) is 0 Å². The monoisotopic (exact) mass is 1780 g/mol. The van der Waals surface area contributed by atoms with Gasteiger partial charge in [0.1, 0.15) is 30.8 Å². The second-order valence-corrected chi connectivity index (χ2v) is 34.1. The van der Waals surface area contributed by atoms with E-state index in [9.17, 15) is 0 Å². The van der Waals surface area contributed by atoms with E-state index < -0.39 is 63.2 Å². The van der Waals surface area contributed by atoms with Gasteiger partial charge in [0.2, 0.25) is 28.6 Å². The predicted molar refractivity (Wildman–Crippen MR) is 533 cm³/mol. The average molecular weight is 1780 g/mol. The molecular formula is C105H103N23O5. The van der Waals surface area contributed by atoms with Gasteiger partial charge in [0.15, 0.2) is 74.5 Å². The number of furan rings is 5. The summed E-state index contributed by atoms with van der Waals surface area (Å²) in [6.45, 7) is 22.7. The van der Waals surface area contributed by atoms with Gasteiger partial charge in [0, 0.05) is 178 Å². The Balaban J connectivity index is 0.000000107. The van der Waals surface area contributed by atoms with Crippen LogP contribution < -0.4 is 49.0 Å². The van der Waals surface area contributed by atoms with Crippen LogP contribution in [0.2, 0.25) is 0 Å². The summed E-state index contributed by atoms with van der Waals surface area (Å²) in [5, 5.41) is 9.56. The zero-order valence-corrected chi connectivity index (χ0v) is 76.1. The van der Waals surface area contributed by atoms with Crippen LogP contribution in [0.3, 0.4) is 0 Å². The molecule has 668 valence electrons. The number of aromatic nitrogens is 13. The van der Waals surface area contributed by atoms with Crippen molar-refractivity contribution in [2.45, 2.75) is 179 Å². The zero-order chi connectivity index (χ0) is 103. The van der Waals surface area contributed by atoms with Gasteiger partial charge in [-0.2, -0.15) is 0 Å². The Morgan fingerprint density at radius 2 is 0.481 bits per heavy atom. The Bertz CT molecular complexity index is 7890. The van der Waals surface area contributed by atoms with Gasteiger partial charge in [-0.05, 0) is 237 Å². The van der Waals surface area contributed by atoms with E-state index in [-0.39, 0.29) is 12.3 Å². The smallest absolute Gasteiger partial charge is 0.227 e. The van der Waals surface area contributed by atoms with Crippen molar-refractivity contribution >= 4 is 197 Å². The predicted octanol–water partition coefficient (Wildman–Crippen LogP) is 24.4. The molecule has 0 spiro atoms. The van der Waals surface area contributed by atoms with Gasteiger partial charge < -0.3 is 56.4 Å². The van der Waals surface area contributed by atoms with E-state index in [2.05, 4.69) is 133 Å². The van der Waals surface area contributed by atoms with Crippen molar-refractivity contribution in [2.24, 2.45) is 0 Å². The first-order valence-electron chi connectivity index (χ1n) is 50.5. The number of pyridine rings is 7. The first-order valence-corrected chi connectivity index (χ1v) is 44.0. The van der Waals surface area contributed by atoms with Crippen LogP contribution >= 0.6 is 0 Å². The molecule has 0 saturated carbocycles. The lowest BCUT2D eigenvalue weighted by Crippen LogP contribution is -2.42. The van der Waals surface area contributed by atoms with Crippen molar-refractivity contribution in [3.8, 4) is 0 Å². The number of hydrogen-bond acceptors (Lipinski definition) is 28. The molecule has 28 heteroatoms. The van der Waals surface area contributed by atoms with Crippen LogP contribution in [0.15, 0.2) is 248 Å². The first kappa shape index (κ1) is 70.3. The van der Waals surface area contributed by atoms with Gasteiger partial charge in [-0.3, -0.25) is 14.7 Å². The lowest BCUT2D eigenvalue weighted by Gasteiger charge is -2.33. The molecule has 0 N–H and O–H groups in total. The molecule has 20 aromatic rings. The third-order valence-corrected chi connectivity index (χ3v) is 25.5. The van der Waals surface area contributed by atoms with E-state index in [1.165, 1.54) is 36.0 Å². The largest absolute Gasteiger partial charge is 0.435 e. The van der Waals surface area contributed by atoms with Crippen molar-refractivity contribution in [1.82, 2.24) is 64.8 Å². The highest BCUT2D eigenvalue weighted by molar-refractivity contribution is 6.15. The van der Waals surface area contributed by atoms with Gasteiger partial charge >= 0.3 is 0 Å². The van der Waals surface area contributed by atoms with E-state index in [0.29, 0.717) is 80.2 Å². The first-order chi connectivity index (χ1) is 69.4. The quantitative estimate of drug-likeness (QED) is 0.130. The fourth-order valence-electron chi connectivity index (χ4n) is 19.7. The Morgan fingerprint density at radius 3 is 0.782 bits per heavy atom. The minimum absolute atomic E-state index is 0.0807. The van der Waals surface area contributed by atoms with Crippen LogP contribution in [-0.4, -0.2) is 127 Å². The van der Waals surface area contributed by atoms with Crippen LogP contribution in [0, 0.1) is 34.6 Å². The van der Waals surface area contributed by atoms with Crippen molar-refractivity contribution < 1.29 is 39.9 Å². The van der Waals surface area contributed by atoms with E-state index in [1.807, 2.05) is 209 Å². The van der Waals surface area contributed by atoms with Gasteiger partial charge in [-0.1, -0.05) is 60.7 Å². The number of hydrogen-bond donors (Lipinski definition) is 0. The van der Waals surface area contributed by atoms with E-state index in [0.717, 1.165) is 144 Å². The number of nitrogens with zero attached hydrogens (tertiary/aromatic N) is 23. The third-order valence-electron chi connectivity index (χ3n) is 25.5. The average Bonchev–Trinajstić information content (AvgIpc) is 1.59. The summed E-state index contributed by atoms with van der Waals surface area (Å²) in [7, 11) is 0. The maximum atomic E-state index is 8.76. The molecular weight excluding hydrogens is 1660 g/mol. The van der Waals surface area contributed by atoms with E-state index >= 15 is 0 Å². The molecule has 5 aliphatic heterocycles. The molecule has 2 unspecified atom stereocenters. The number of aryl methyl sites for hydroxylation is 5. The lowest BCUT2D eigenvalue weighted by molar-refractivity contribution is 0.597. The minimum Gasteiger partial charge on any atom is -0.435 e. The van der Waals surface area contributed by atoms with Crippen molar-refractivity contribution in [3.63, 3.8) is 0 Å². The maximum absolute atomic E-state index is 8.76. The number of anilines is 15. The van der Waals surface area contributed by atoms with Crippen LogP contribution in [0.5, 0.6) is 0 Å². The van der Waals surface area contributed by atoms with E-state index in [4.69, 9.17) is 39.9 Å². The third kappa shape index (κ3) is 13.5. The highest BCUT2D eigenvalue weighted by Gasteiger charge is 2.45. The summed E-state index contributed by atoms with van der Waals surface area (Å²) < 4.78 is 137. The number of rotatable bonds is 9. The summed E-state index contributed by atoms with van der Waals surface area (Å²) in [4.78, 5) is 76.3. The molecule has 0 bridgehead atoms. The van der Waals surface area contributed by atoms with Crippen molar-refractivity contribution in [1.29, 1.82) is 0 Å². The fraction of sp³-hybridized carbons (Fsp3) is 0.267. The number of benzene rings is 5. The normalized spacial score (nSPS) is 19.5. The SMILES string of the molecule is [2H]C(C)(C)N1c2ncccc2N(c2c(C)ccc3c2oc2ncccc23)[C@H]1C.[2H]C(C)(C)N1c2nccnc2N(c2c(C)ccc3c2oc2ncccc23)[C@H]1C.[2H]C([2H])([2H])C([2H])(C)N1c2ncccc2N(c2c(C)ccc3c2oc2ncccc23)[C@H]1C.[2H]C([2H])([2H])C([2H])(C)N1c2nccnc2N(c2c(C)ccc3c2oc2ncccc23)[C@H]1C.[2H]C([2H])([2H])N1c2nccnc2N(c2c(C)ccc3c2oc2ncccc23)[C@H]1C. The topological polar surface area (TPSA) is 266 Å². The second-order valence-electron chi connectivity index (χ2n) is 34.1. The van der Waals surface area contributed by atoms with Crippen molar-refractivity contribution in [2.75, 3.05) is 56.0 Å². The van der Waals surface area contributed by atoms with Crippen LogP contribution in [0.1, 0.15) is 136 Å². The molecule has 25 rings (SSSR count). The summed E-state index contributed by atoms with van der Waals surface area (Å²) in [5.74, 6) is 4.40. The molecule has 20 heterocycles. The van der Waals surface area contributed by atoms with Gasteiger partial charge in [-0.15, -0.1) is 0 Å². The Hall–Kier alpha value is -15.6. The summed E-state index contributed by atoms with van der Waals surface area (Å²) in [5.41, 5.74) is 17.5. The second kappa shape index (κ2) is 33.1. The summed E-state index contributed by atoms with van der Waals surface area (Å²) >= 11 is 0. The minimum atomic E-state index is -2.56. The molecule has 0 radical (unpaired) electrons. The molecule has 5 aromatic carbocycles. The lowest BCUT2D eigenvalue weighted by atomic mass is 10.1. The molecule has 0 fully saturated rings. The molecule has 133 heavy (non-hydrogen) atoms. The van der Waals surface area contributed by atoms with Crippen LogP contribution in [0.4, 0.5) is 86.4 Å². The maximum Gasteiger partial charge on any atom is 0.227 e. The summed E-state index contributed by atoms with van der Waals surface area (Å²) in [6, 6.07) is 42.1. The fourth-order valence-corrected chi connectivity index (χ4v) is 19.7. The molecule has 0 saturated heterocycles. The Morgan fingerprint density at radius 1 is 0.248 bits per heavy atom. The Kier molecular flexibility index (Phi) is 17.5. The molecule has 0 aliphatic carbocycles. The highest BCUT2D eigenvalue weighted by atomic mass is 16.4. The van der Waals surface area contributed by atoms with Crippen LogP contribution in [-0.2, 0) is 0 Å². The number of fused-ring (bicyclic) bond motifs is 20.